The summed E-state index contributed by atoms with van der Waals surface area (Å²) < 4.78 is 0. The lowest BCUT2D eigenvalue weighted by molar-refractivity contribution is -0.394. The highest BCUT2D eigenvalue weighted by Gasteiger charge is 2.25. The van der Waals surface area contributed by atoms with Crippen LogP contribution >= 0.6 is 0 Å². The van der Waals surface area contributed by atoms with Gasteiger partial charge in [0.1, 0.15) is 0 Å². The number of rotatable bonds is 3. The quantitative estimate of drug-likeness (QED) is 0.599. The van der Waals surface area contributed by atoms with Crippen LogP contribution in [0.15, 0.2) is 12.1 Å². The average molecular weight is 253 g/mol. The lowest BCUT2D eigenvalue weighted by atomic mass is 10.0. The fourth-order valence-corrected chi connectivity index (χ4v) is 1.44. The molecule has 0 unspecified atom stereocenters. The Kier molecular flexibility index (Phi) is 3.60. The minimum absolute atomic E-state index is 0.0408. The first-order chi connectivity index (χ1) is 8.25. The summed E-state index contributed by atoms with van der Waals surface area (Å²) in [4.78, 5) is 33.0. The molecule has 1 aromatic rings. The van der Waals surface area contributed by atoms with Crippen molar-refractivity contribution in [3.05, 3.63) is 43.5 Å². The molecule has 1 aromatic carbocycles. The smallest absolute Gasteiger partial charge is 0.279 e. The first-order valence-electron chi connectivity index (χ1n) is 4.90. The summed E-state index contributed by atoms with van der Waals surface area (Å²) in [6, 6.07) is 1.90. The van der Waals surface area contributed by atoms with E-state index in [1.807, 2.05) is 0 Å². The fourth-order valence-electron chi connectivity index (χ4n) is 1.44. The monoisotopic (exact) mass is 253 g/mol. The van der Waals surface area contributed by atoms with Crippen molar-refractivity contribution >= 4 is 17.3 Å². The molecule has 8 nitrogen and oxygen atoms in total. The van der Waals surface area contributed by atoms with E-state index in [0.29, 0.717) is 0 Å². The molecule has 0 saturated carbocycles. The Morgan fingerprint density at radius 3 is 2.11 bits per heavy atom. The molecule has 96 valence electrons. The van der Waals surface area contributed by atoms with E-state index in [1.54, 1.807) is 0 Å². The zero-order chi connectivity index (χ0) is 14.0. The second kappa shape index (κ2) is 4.78. The third-order valence-electron chi connectivity index (χ3n) is 2.41. The molecule has 1 rings (SSSR count). The third kappa shape index (κ3) is 2.42. The van der Waals surface area contributed by atoms with Crippen LogP contribution in [-0.2, 0) is 0 Å². The molecule has 0 aliphatic carbocycles. The Hall–Kier alpha value is -2.51. The zero-order valence-corrected chi connectivity index (χ0v) is 10.0. The molecule has 0 spiro atoms. The maximum Gasteiger partial charge on any atom is 0.279 e. The first kappa shape index (κ1) is 13.6. The van der Waals surface area contributed by atoms with Crippen molar-refractivity contribution in [2.75, 3.05) is 14.1 Å². The van der Waals surface area contributed by atoms with Gasteiger partial charge in [-0.05, 0) is 6.92 Å². The molecule has 0 aromatic heterocycles. The second-order valence-electron chi connectivity index (χ2n) is 3.85. The highest BCUT2D eigenvalue weighted by molar-refractivity contribution is 5.97. The summed E-state index contributed by atoms with van der Waals surface area (Å²) >= 11 is 0. The van der Waals surface area contributed by atoms with Crippen LogP contribution in [0.5, 0.6) is 0 Å². The summed E-state index contributed by atoms with van der Waals surface area (Å²) in [6.45, 7) is 1.39. The normalized spacial score (nSPS) is 9.94. The molecule has 0 N–H and O–H groups in total. The summed E-state index contributed by atoms with van der Waals surface area (Å²) in [7, 11) is 2.93. The fraction of sp³-hybridized carbons (Fsp3) is 0.300. The highest BCUT2D eigenvalue weighted by Crippen LogP contribution is 2.28. The van der Waals surface area contributed by atoms with E-state index in [-0.39, 0.29) is 11.1 Å². The maximum absolute atomic E-state index is 11.8. The number of carbonyl (C=O) groups excluding carboxylic acids is 1. The van der Waals surface area contributed by atoms with Gasteiger partial charge in [-0.25, -0.2) is 0 Å². The number of amides is 1. The topological polar surface area (TPSA) is 107 Å². The number of nitro groups is 2. The van der Waals surface area contributed by atoms with Gasteiger partial charge in [-0.1, -0.05) is 0 Å². The molecule has 0 radical (unpaired) electrons. The minimum atomic E-state index is -0.765. The number of hydrogen-bond donors (Lipinski definition) is 0. The Morgan fingerprint density at radius 1 is 1.17 bits per heavy atom. The van der Waals surface area contributed by atoms with Gasteiger partial charge in [0.25, 0.3) is 17.3 Å². The predicted molar refractivity (Wildman–Crippen MR) is 62.5 cm³/mol. The van der Waals surface area contributed by atoms with Gasteiger partial charge in [0.15, 0.2) is 0 Å². The predicted octanol–water partition coefficient (Wildman–Crippen LogP) is 1.51. The van der Waals surface area contributed by atoms with Crippen LogP contribution in [0.2, 0.25) is 0 Å². The standard InChI is InChI=1S/C10H11N3O5/c1-6-8(10(14)11(2)3)4-7(12(15)16)5-9(6)13(17)18/h4-5H,1-3H3. The van der Waals surface area contributed by atoms with Gasteiger partial charge < -0.3 is 4.90 Å². The molecule has 1 amide bonds. The van der Waals surface area contributed by atoms with Crippen LogP contribution < -0.4 is 0 Å². The molecule has 0 saturated heterocycles. The van der Waals surface area contributed by atoms with Crippen molar-refractivity contribution in [3.8, 4) is 0 Å². The van der Waals surface area contributed by atoms with E-state index in [0.717, 1.165) is 12.1 Å². The Labute approximate surface area is 102 Å². The molecule has 0 aliphatic rings. The van der Waals surface area contributed by atoms with Gasteiger partial charge in [-0.15, -0.1) is 0 Å². The molecule has 0 fully saturated rings. The number of benzene rings is 1. The largest absolute Gasteiger partial charge is 0.345 e. The number of nitrogens with zero attached hydrogens (tertiary/aromatic N) is 3. The van der Waals surface area contributed by atoms with E-state index >= 15 is 0 Å². The van der Waals surface area contributed by atoms with Crippen LogP contribution in [0.3, 0.4) is 0 Å². The van der Waals surface area contributed by atoms with E-state index in [9.17, 15) is 25.0 Å². The first-order valence-corrected chi connectivity index (χ1v) is 4.90. The SMILES string of the molecule is Cc1c(C(=O)N(C)C)cc([N+](=O)[O-])cc1[N+](=O)[O-]. The Morgan fingerprint density at radius 2 is 1.72 bits per heavy atom. The lowest BCUT2D eigenvalue weighted by Gasteiger charge is -2.12. The number of carbonyl (C=O) groups is 1. The summed E-state index contributed by atoms with van der Waals surface area (Å²) in [5.74, 6) is -0.515. The van der Waals surface area contributed by atoms with Crippen molar-refractivity contribution in [2.45, 2.75) is 6.92 Å². The zero-order valence-electron chi connectivity index (χ0n) is 10.0. The second-order valence-corrected chi connectivity index (χ2v) is 3.85. The molecule has 0 bridgehead atoms. The number of nitro benzene ring substituents is 2. The molecule has 0 atom stereocenters. The van der Waals surface area contributed by atoms with Crippen molar-refractivity contribution in [1.29, 1.82) is 0 Å². The van der Waals surface area contributed by atoms with Crippen molar-refractivity contribution < 1.29 is 14.6 Å². The van der Waals surface area contributed by atoms with Gasteiger partial charge in [0.2, 0.25) is 0 Å². The molecule has 0 aliphatic heterocycles. The summed E-state index contributed by atoms with van der Waals surface area (Å²) in [5.41, 5.74) is -0.836. The van der Waals surface area contributed by atoms with Gasteiger partial charge in [-0.3, -0.25) is 25.0 Å². The molecule has 18 heavy (non-hydrogen) atoms. The van der Waals surface area contributed by atoms with E-state index in [4.69, 9.17) is 0 Å². The molecular formula is C10H11N3O5. The summed E-state index contributed by atoms with van der Waals surface area (Å²) in [5, 5.41) is 21.5. The lowest BCUT2D eigenvalue weighted by Crippen LogP contribution is -2.23. The molecule has 0 heterocycles. The summed E-state index contributed by atoms with van der Waals surface area (Å²) in [6.07, 6.45) is 0. The van der Waals surface area contributed by atoms with Crippen LogP contribution in [-0.4, -0.2) is 34.7 Å². The maximum atomic E-state index is 11.8. The number of non-ortho nitro benzene ring substituents is 1. The van der Waals surface area contributed by atoms with Crippen LogP contribution in [0, 0.1) is 27.2 Å². The van der Waals surface area contributed by atoms with Crippen molar-refractivity contribution in [3.63, 3.8) is 0 Å². The minimum Gasteiger partial charge on any atom is -0.345 e. The number of hydrogen-bond acceptors (Lipinski definition) is 5. The van der Waals surface area contributed by atoms with Crippen LogP contribution in [0.1, 0.15) is 15.9 Å². The third-order valence-corrected chi connectivity index (χ3v) is 2.41. The molecular weight excluding hydrogens is 242 g/mol. The van der Waals surface area contributed by atoms with Gasteiger partial charge in [-0.2, -0.15) is 0 Å². The molecule has 8 heteroatoms. The van der Waals surface area contributed by atoms with E-state index < -0.39 is 27.1 Å². The van der Waals surface area contributed by atoms with Crippen molar-refractivity contribution in [2.24, 2.45) is 0 Å². The van der Waals surface area contributed by atoms with Crippen LogP contribution in [0.4, 0.5) is 11.4 Å². The van der Waals surface area contributed by atoms with Crippen molar-refractivity contribution in [1.82, 2.24) is 4.90 Å². The van der Waals surface area contributed by atoms with Gasteiger partial charge in [0, 0.05) is 25.7 Å². The highest BCUT2D eigenvalue weighted by atomic mass is 16.6. The van der Waals surface area contributed by atoms with Gasteiger partial charge >= 0.3 is 0 Å². The Balaban J connectivity index is 3.55. The van der Waals surface area contributed by atoms with E-state index in [2.05, 4.69) is 0 Å². The van der Waals surface area contributed by atoms with Gasteiger partial charge in [0.05, 0.1) is 21.5 Å². The van der Waals surface area contributed by atoms with E-state index in [1.165, 1.54) is 25.9 Å². The van der Waals surface area contributed by atoms with Crippen LogP contribution in [0.25, 0.3) is 0 Å². The average Bonchev–Trinajstić information content (AvgIpc) is 2.27. The Bertz CT molecular complexity index is 539.